The standard InChI is InChI=1S/C65H72BN3S/c1-41-37-55-58-56(38-41)69(50-32-23-45(24-33-50)64(11,12)13)59-52-39-46(65(14,15)16)25-36-57(52)70-60(59)66(58)53-35-34-51(40-54(53)68(55)49-30-21-44(22-31-49)63(8,9)10)67(47-26-17-42(18-27-47)61(2,3)4)48-28-19-43(20-29-48)62(5,6)7/h17-40H,1-16H3/i17D,18D,21D,22D,25D,26D,27D,30D,31D,36D,39D. The number of aryl methyl sites for hydroxylation is 1. The van der Waals surface area contributed by atoms with E-state index in [1.807, 2.05) is 123 Å². The van der Waals surface area contributed by atoms with Crippen molar-refractivity contribution in [1.29, 1.82) is 0 Å². The molecule has 0 saturated heterocycles. The molecule has 356 valence electrons. The lowest BCUT2D eigenvalue weighted by Crippen LogP contribution is -2.60. The van der Waals surface area contributed by atoms with Crippen LogP contribution in [0, 0.1) is 6.92 Å². The fourth-order valence-corrected chi connectivity index (χ4v) is 10.9. The fraction of sp³-hybridized carbons (Fsp3) is 0.323. The van der Waals surface area contributed by atoms with Crippen LogP contribution in [-0.2, 0) is 27.1 Å². The minimum atomic E-state index is -0.750. The van der Waals surface area contributed by atoms with Gasteiger partial charge in [-0.2, -0.15) is 0 Å². The zero-order valence-corrected chi connectivity index (χ0v) is 44.6. The highest BCUT2D eigenvalue weighted by molar-refractivity contribution is 7.33. The first-order valence-corrected chi connectivity index (χ1v) is 25.4. The zero-order valence-electron chi connectivity index (χ0n) is 54.8. The van der Waals surface area contributed by atoms with Gasteiger partial charge in [0.05, 0.1) is 20.8 Å². The normalized spacial score (nSPS) is 16.1. The molecule has 3 nitrogen and oxygen atoms in total. The molecular weight excluding hydrogens is 866 g/mol. The Hall–Kier alpha value is -6.04. The van der Waals surface area contributed by atoms with E-state index in [-0.39, 0.29) is 94.2 Å². The summed E-state index contributed by atoms with van der Waals surface area (Å²) in [6, 6.07) is 24.9. The van der Waals surface area contributed by atoms with Gasteiger partial charge in [-0.15, -0.1) is 11.3 Å². The minimum Gasteiger partial charge on any atom is -0.311 e. The predicted octanol–water partition coefficient (Wildman–Crippen LogP) is 17.2. The van der Waals surface area contributed by atoms with Crippen molar-refractivity contribution in [3.8, 4) is 0 Å². The van der Waals surface area contributed by atoms with E-state index in [0.29, 0.717) is 44.0 Å². The summed E-state index contributed by atoms with van der Waals surface area (Å²) in [6.07, 6.45) is 0. The number of anilines is 9. The van der Waals surface area contributed by atoms with E-state index in [0.717, 1.165) is 49.5 Å². The molecule has 0 fully saturated rings. The summed E-state index contributed by atoms with van der Waals surface area (Å²) in [5, 5.41) is 0.569. The van der Waals surface area contributed by atoms with Crippen molar-refractivity contribution in [2.24, 2.45) is 0 Å². The van der Waals surface area contributed by atoms with Crippen LogP contribution in [-0.4, -0.2) is 6.71 Å². The average molecular weight is 949 g/mol. The van der Waals surface area contributed by atoms with E-state index in [9.17, 15) is 15.1 Å². The molecule has 10 rings (SSSR count). The second-order valence-corrected chi connectivity index (χ2v) is 25.5. The Balaban J connectivity index is 1.38. The van der Waals surface area contributed by atoms with Gasteiger partial charge in [0.25, 0.3) is 6.71 Å². The first kappa shape index (κ1) is 36.0. The van der Waals surface area contributed by atoms with Gasteiger partial charge in [-0.05, 0) is 163 Å². The maximum absolute atomic E-state index is 10.1. The van der Waals surface area contributed by atoms with Crippen molar-refractivity contribution >= 4 is 95.0 Å². The van der Waals surface area contributed by atoms with Crippen molar-refractivity contribution < 1.29 is 15.1 Å². The molecule has 0 bridgehead atoms. The van der Waals surface area contributed by atoms with Gasteiger partial charge in [0.15, 0.2) is 0 Å². The lowest BCUT2D eigenvalue weighted by atomic mass is 9.36. The smallest absolute Gasteiger partial charge is 0.264 e. The van der Waals surface area contributed by atoms with E-state index in [4.69, 9.17) is 0 Å². The minimum absolute atomic E-state index is 0.0102. The van der Waals surface area contributed by atoms with E-state index >= 15 is 0 Å². The third kappa shape index (κ3) is 8.36. The van der Waals surface area contributed by atoms with Crippen LogP contribution in [0.4, 0.5) is 51.2 Å². The highest BCUT2D eigenvalue weighted by Crippen LogP contribution is 2.50. The molecule has 0 N–H and O–H groups in total. The summed E-state index contributed by atoms with van der Waals surface area (Å²) >= 11 is 1.39. The third-order valence-corrected chi connectivity index (χ3v) is 14.9. The molecule has 7 aromatic carbocycles. The van der Waals surface area contributed by atoms with Crippen molar-refractivity contribution in [2.45, 2.75) is 138 Å². The molecular formula is C65H72BN3S. The van der Waals surface area contributed by atoms with Crippen molar-refractivity contribution in [2.75, 3.05) is 14.7 Å². The molecule has 0 saturated carbocycles. The monoisotopic (exact) mass is 949 g/mol. The molecule has 2 aliphatic heterocycles. The quantitative estimate of drug-likeness (QED) is 0.159. The molecule has 0 atom stereocenters. The van der Waals surface area contributed by atoms with E-state index in [2.05, 4.69) is 76.8 Å². The first-order chi connectivity index (χ1) is 37.4. The molecule has 70 heavy (non-hydrogen) atoms. The number of thiophene rings is 1. The molecule has 0 aliphatic carbocycles. The van der Waals surface area contributed by atoms with Gasteiger partial charge in [-0.25, -0.2) is 0 Å². The van der Waals surface area contributed by atoms with Gasteiger partial charge in [0.2, 0.25) is 0 Å². The first-order valence-electron chi connectivity index (χ1n) is 30.1. The molecule has 1 aromatic heterocycles. The summed E-state index contributed by atoms with van der Waals surface area (Å²) in [7, 11) is 0. The Morgan fingerprint density at radius 3 is 1.49 bits per heavy atom. The van der Waals surface area contributed by atoms with Crippen LogP contribution in [0.1, 0.15) is 152 Å². The van der Waals surface area contributed by atoms with Crippen LogP contribution < -0.4 is 30.4 Å². The largest absolute Gasteiger partial charge is 0.311 e. The van der Waals surface area contributed by atoms with Gasteiger partial charge in [-0.3, -0.25) is 0 Å². The highest BCUT2D eigenvalue weighted by atomic mass is 32.1. The van der Waals surface area contributed by atoms with Crippen molar-refractivity contribution in [3.05, 3.63) is 179 Å². The molecule has 0 spiro atoms. The van der Waals surface area contributed by atoms with Crippen LogP contribution in [0.2, 0.25) is 0 Å². The van der Waals surface area contributed by atoms with E-state index in [1.165, 1.54) is 11.3 Å². The lowest BCUT2D eigenvalue weighted by Gasteiger charge is -2.44. The van der Waals surface area contributed by atoms with Crippen LogP contribution in [0.15, 0.2) is 145 Å². The Morgan fingerprint density at radius 1 is 0.457 bits per heavy atom. The fourth-order valence-electron chi connectivity index (χ4n) is 9.65. The maximum Gasteiger partial charge on any atom is 0.264 e. The van der Waals surface area contributed by atoms with Crippen molar-refractivity contribution in [3.63, 3.8) is 0 Å². The van der Waals surface area contributed by atoms with Gasteiger partial charge in [0.1, 0.15) is 0 Å². The Kier molecular flexibility index (Phi) is 8.49. The van der Waals surface area contributed by atoms with Gasteiger partial charge in [-0.1, -0.05) is 164 Å². The predicted molar refractivity (Wildman–Crippen MR) is 309 cm³/mol. The third-order valence-electron chi connectivity index (χ3n) is 13.7. The number of nitrogens with zero attached hydrogens (tertiary/aromatic N) is 3. The van der Waals surface area contributed by atoms with Crippen LogP contribution in [0.5, 0.6) is 0 Å². The summed E-state index contributed by atoms with van der Waals surface area (Å²) in [4.78, 5) is 5.78. The van der Waals surface area contributed by atoms with Crippen LogP contribution >= 0.6 is 11.3 Å². The molecule has 0 amide bonds. The van der Waals surface area contributed by atoms with E-state index < -0.39 is 23.0 Å². The van der Waals surface area contributed by atoms with Gasteiger partial charge >= 0.3 is 0 Å². The highest BCUT2D eigenvalue weighted by Gasteiger charge is 2.46. The number of fused-ring (bicyclic) bond motifs is 6. The molecule has 0 unspecified atom stereocenters. The summed E-state index contributed by atoms with van der Waals surface area (Å²) in [6.45, 7) is 31.5. The van der Waals surface area contributed by atoms with Crippen LogP contribution in [0.3, 0.4) is 0 Å². The lowest BCUT2D eigenvalue weighted by molar-refractivity contribution is 0.590. The number of benzene rings is 7. The second kappa shape index (κ2) is 16.5. The number of hydrogen-bond acceptors (Lipinski definition) is 4. The Labute approximate surface area is 439 Å². The van der Waals surface area contributed by atoms with Gasteiger partial charge in [0, 0.05) is 60.4 Å². The number of hydrogen-bond donors (Lipinski definition) is 0. The Morgan fingerprint density at radius 2 is 0.943 bits per heavy atom. The van der Waals surface area contributed by atoms with E-state index in [1.54, 1.807) is 4.90 Å². The average Bonchev–Trinajstić information content (AvgIpc) is 1.88. The summed E-state index contributed by atoms with van der Waals surface area (Å²) < 4.78 is 108. The topological polar surface area (TPSA) is 9.72 Å². The van der Waals surface area contributed by atoms with Crippen molar-refractivity contribution in [1.82, 2.24) is 0 Å². The second-order valence-electron chi connectivity index (χ2n) is 24.5. The van der Waals surface area contributed by atoms with Crippen LogP contribution in [0.25, 0.3) is 10.1 Å². The summed E-state index contributed by atoms with van der Waals surface area (Å²) in [5.74, 6) is 0. The summed E-state index contributed by atoms with van der Waals surface area (Å²) in [5.41, 5.74) is 7.54. The van der Waals surface area contributed by atoms with Gasteiger partial charge < -0.3 is 14.7 Å². The zero-order chi connectivity index (χ0) is 59.6. The molecule has 2 aliphatic rings. The Bertz CT molecular complexity index is 3890. The molecule has 3 heterocycles. The molecule has 8 aromatic rings. The number of rotatable bonds is 5. The maximum atomic E-state index is 10.1. The SMILES string of the molecule is [2H]c1c([2H])c(C(C)(C)C)c([2H])c([2H])c1N(c1ccc(C(C)(C)C)cc1)c1ccc2c(c1)N(c1c([2H])c([2H])c(C(C)(C)C)c([2H])c1[2H])c1cc(C)cc3c1B2c1sc2c([2H])c([2H])c(C(C)(C)C)c([2H])c2c1N3c1ccc(C(C)(C)C)cc1. The molecule has 0 radical (unpaired) electrons. The molecule has 5 heteroatoms.